The zero-order chi connectivity index (χ0) is 16.7. The molecule has 2 aromatic carbocycles. The summed E-state index contributed by atoms with van der Waals surface area (Å²) in [5.74, 6) is 1.52. The van der Waals surface area contributed by atoms with E-state index in [9.17, 15) is 20.2 Å². The lowest BCUT2D eigenvalue weighted by Gasteiger charge is -2.02. The maximum Gasteiger partial charge on any atom is 0.269 e. The third-order valence-electron chi connectivity index (χ3n) is 2.84. The third-order valence-corrected chi connectivity index (χ3v) is 6.95. The molecule has 0 bridgehead atoms. The van der Waals surface area contributed by atoms with Crippen LogP contribution in [-0.2, 0) is 11.5 Å². The van der Waals surface area contributed by atoms with E-state index in [0.717, 1.165) is 22.6 Å². The maximum absolute atomic E-state index is 10.6. The molecule has 2 aromatic rings. The van der Waals surface area contributed by atoms with Crippen molar-refractivity contribution in [3.05, 3.63) is 79.9 Å². The van der Waals surface area contributed by atoms with Crippen molar-refractivity contribution >= 4 is 42.8 Å². The Labute approximate surface area is 144 Å². The molecule has 120 valence electrons. The summed E-state index contributed by atoms with van der Waals surface area (Å²) in [6.07, 6.45) is 0. The molecule has 6 nitrogen and oxygen atoms in total. The van der Waals surface area contributed by atoms with E-state index in [4.69, 9.17) is 0 Å². The van der Waals surface area contributed by atoms with E-state index in [-0.39, 0.29) is 11.4 Å². The lowest BCUT2D eigenvalue weighted by Crippen LogP contribution is -1.88. The Bertz CT molecular complexity index is 618. The van der Waals surface area contributed by atoms with E-state index in [1.54, 1.807) is 55.7 Å². The van der Waals surface area contributed by atoms with Gasteiger partial charge in [0.05, 0.1) is 9.85 Å². The van der Waals surface area contributed by atoms with Crippen LogP contribution in [0, 0.1) is 20.2 Å². The van der Waals surface area contributed by atoms with Crippen molar-refractivity contribution in [1.29, 1.82) is 0 Å². The Kier molecular flexibility index (Phi) is 6.75. The molecule has 2 rings (SSSR count). The van der Waals surface area contributed by atoms with Crippen LogP contribution < -0.4 is 0 Å². The largest absolute Gasteiger partial charge is 0.269 e. The summed E-state index contributed by atoms with van der Waals surface area (Å²) in [7, 11) is 4.93. The van der Waals surface area contributed by atoms with Crippen molar-refractivity contribution in [3.8, 4) is 0 Å². The van der Waals surface area contributed by atoms with Gasteiger partial charge in [0.15, 0.2) is 0 Å². The molecule has 0 unspecified atom stereocenters. The molecule has 9 heteroatoms. The minimum Gasteiger partial charge on any atom is -0.258 e. The normalized spacial score (nSPS) is 10.4. The summed E-state index contributed by atoms with van der Waals surface area (Å²) in [5, 5.41) is 21.1. The van der Waals surface area contributed by atoms with Gasteiger partial charge in [-0.2, -0.15) is 0 Å². The van der Waals surface area contributed by atoms with Crippen LogP contribution in [0.3, 0.4) is 0 Å². The molecule has 0 saturated carbocycles. The Morgan fingerprint density at radius 3 is 1.35 bits per heavy atom. The van der Waals surface area contributed by atoms with Gasteiger partial charge in [0, 0.05) is 35.8 Å². The Morgan fingerprint density at radius 2 is 1.04 bits per heavy atom. The average molecular weight is 368 g/mol. The number of benzene rings is 2. The van der Waals surface area contributed by atoms with E-state index in [2.05, 4.69) is 0 Å². The zero-order valence-corrected chi connectivity index (χ0v) is 14.2. The SMILES string of the molecule is O=[N+]([O-])c1ccc(CSSSCc2ccc([N+](=O)[O-])cc2)cc1. The first-order valence-corrected chi connectivity index (χ1v) is 10.3. The molecule has 0 atom stereocenters. The van der Waals surface area contributed by atoms with Crippen LogP contribution in [0.25, 0.3) is 0 Å². The fourth-order valence-electron chi connectivity index (χ4n) is 1.65. The maximum atomic E-state index is 10.6. The smallest absolute Gasteiger partial charge is 0.258 e. The second-order valence-corrected chi connectivity index (χ2v) is 8.67. The van der Waals surface area contributed by atoms with Crippen molar-refractivity contribution < 1.29 is 9.85 Å². The first kappa shape index (κ1) is 17.6. The Hall–Kier alpha value is -1.71. The second-order valence-electron chi connectivity index (χ2n) is 4.44. The fourth-order valence-corrected chi connectivity index (χ4v) is 5.26. The van der Waals surface area contributed by atoms with E-state index in [0.29, 0.717) is 0 Å². The highest BCUT2D eigenvalue weighted by Crippen LogP contribution is 2.39. The number of nitro benzene ring substituents is 2. The molecule has 0 heterocycles. The van der Waals surface area contributed by atoms with Crippen molar-refractivity contribution in [2.45, 2.75) is 11.5 Å². The number of rotatable bonds is 8. The quantitative estimate of drug-likeness (QED) is 0.273. The molecule has 0 aliphatic carbocycles. The lowest BCUT2D eigenvalue weighted by atomic mass is 10.2. The minimum atomic E-state index is -0.411. The van der Waals surface area contributed by atoms with Gasteiger partial charge in [-0.05, 0) is 21.0 Å². The van der Waals surface area contributed by atoms with Gasteiger partial charge in [-0.3, -0.25) is 20.2 Å². The fraction of sp³-hybridized carbons (Fsp3) is 0.143. The number of non-ortho nitro benzene ring substituents is 2. The van der Waals surface area contributed by atoms with Crippen LogP contribution in [0.2, 0.25) is 0 Å². The molecule has 0 fully saturated rings. The van der Waals surface area contributed by atoms with E-state index >= 15 is 0 Å². The molecular weight excluding hydrogens is 356 g/mol. The topological polar surface area (TPSA) is 86.3 Å². The summed E-state index contributed by atoms with van der Waals surface area (Å²) in [5.41, 5.74) is 2.26. The number of hydrogen-bond donors (Lipinski definition) is 0. The summed E-state index contributed by atoms with van der Waals surface area (Å²) in [6, 6.07) is 13.0. The summed E-state index contributed by atoms with van der Waals surface area (Å²) in [6.45, 7) is 0. The highest BCUT2D eigenvalue weighted by atomic mass is 33.5. The Morgan fingerprint density at radius 1 is 0.696 bits per heavy atom. The van der Waals surface area contributed by atoms with E-state index in [1.807, 2.05) is 0 Å². The van der Waals surface area contributed by atoms with Crippen LogP contribution in [0.5, 0.6) is 0 Å². The molecule has 0 aliphatic rings. The van der Waals surface area contributed by atoms with Gasteiger partial charge in [0.1, 0.15) is 0 Å². The van der Waals surface area contributed by atoms with Gasteiger partial charge in [-0.25, -0.2) is 0 Å². The van der Waals surface area contributed by atoms with Crippen LogP contribution in [0.4, 0.5) is 11.4 Å². The van der Waals surface area contributed by atoms with Gasteiger partial charge in [0.25, 0.3) is 11.4 Å². The average Bonchev–Trinajstić information content (AvgIpc) is 2.55. The molecular formula is C14H12N2O4S3. The molecule has 0 spiro atoms. The molecule has 0 N–H and O–H groups in total. The summed E-state index contributed by atoms with van der Waals surface area (Å²) < 4.78 is 0. The molecule has 0 amide bonds. The molecule has 0 saturated heterocycles. The van der Waals surface area contributed by atoms with Crippen molar-refractivity contribution in [1.82, 2.24) is 0 Å². The monoisotopic (exact) mass is 368 g/mol. The van der Waals surface area contributed by atoms with Gasteiger partial charge < -0.3 is 0 Å². The molecule has 0 radical (unpaired) electrons. The van der Waals surface area contributed by atoms with Gasteiger partial charge in [-0.1, -0.05) is 45.9 Å². The first-order chi connectivity index (χ1) is 11.1. The van der Waals surface area contributed by atoms with Crippen LogP contribution in [-0.4, -0.2) is 9.85 Å². The molecule has 23 heavy (non-hydrogen) atoms. The minimum absolute atomic E-state index is 0.0962. The van der Waals surface area contributed by atoms with Crippen molar-refractivity contribution in [3.63, 3.8) is 0 Å². The second kappa shape index (κ2) is 8.80. The molecule has 0 aromatic heterocycles. The van der Waals surface area contributed by atoms with E-state index < -0.39 is 9.85 Å². The van der Waals surface area contributed by atoms with Gasteiger partial charge >= 0.3 is 0 Å². The number of nitrogens with zero attached hydrogens (tertiary/aromatic N) is 2. The first-order valence-electron chi connectivity index (χ1n) is 6.44. The highest BCUT2D eigenvalue weighted by Gasteiger charge is 2.05. The summed E-state index contributed by atoms with van der Waals surface area (Å²) in [4.78, 5) is 20.3. The predicted molar refractivity (Wildman–Crippen MR) is 96.4 cm³/mol. The van der Waals surface area contributed by atoms with Crippen LogP contribution in [0.1, 0.15) is 11.1 Å². The molecule has 0 aliphatic heterocycles. The number of nitro groups is 2. The summed E-state index contributed by atoms with van der Waals surface area (Å²) >= 11 is 0. The Balaban J connectivity index is 1.69. The van der Waals surface area contributed by atoms with Gasteiger partial charge in [-0.15, -0.1) is 0 Å². The zero-order valence-electron chi connectivity index (χ0n) is 11.8. The lowest BCUT2D eigenvalue weighted by molar-refractivity contribution is -0.385. The van der Waals surface area contributed by atoms with Gasteiger partial charge in [0.2, 0.25) is 0 Å². The third kappa shape index (κ3) is 5.77. The van der Waals surface area contributed by atoms with Crippen LogP contribution >= 0.6 is 31.4 Å². The van der Waals surface area contributed by atoms with Crippen molar-refractivity contribution in [2.75, 3.05) is 0 Å². The van der Waals surface area contributed by atoms with Crippen molar-refractivity contribution in [2.24, 2.45) is 0 Å². The standard InChI is InChI=1S/C14H12N2O4S3/c17-15(18)13-5-1-11(2-6-13)9-21-23-22-10-12-3-7-14(8-4-12)16(19)20/h1-8H,9-10H2. The van der Waals surface area contributed by atoms with Crippen LogP contribution in [0.15, 0.2) is 48.5 Å². The predicted octanol–water partition coefficient (Wildman–Crippen LogP) is 5.23. The number of hydrogen-bond acceptors (Lipinski definition) is 7. The highest BCUT2D eigenvalue weighted by molar-refractivity contribution is 9.09. The van der Waals surface area contributed by atoms with E-state index in [1.165, 1.54) is 24.3 Å².